The molecule has 3 rings (SSSR count). The largest absolute Gasteiger partial charge is 0.446 e. The zero-order valence-corrected chi connectivity index (χ0v) is 16.0. The maximum Gasteiger partial charge on any atom is 0.407 e. The number of amides is 1. The first-order valence-corrected chi connectivity index (χ1v) is 9.88. The van der Waals surface area contributed by atoms with Gasteiger partial charge in [0.25, 0.3) is 0 Å². The average molecular weight is 354 g/mol. The zero-order chi connectivity index (χ0) is 18.5. The molecule has 0 aromatic heterocycles. The van der Waals surface area contributed by atoms with Crippen molar-refractivity contribution in [2.75, 3.05) is 0 Å². The van der Waals surface area contributed by atoms with E-state index in [2.05, 4.69) is 56.1 Å². The van der Waals surface area contributed by atoms with Gasteiger partial charge in [0.1, 0.15) is 6.10 Å². The van der Waals surface area contributed by atoms with Crippen LogP contribution in [0.5, 0.6) is 0 Å². The predicted molar refractivity (Wildman–Crippen MR) is 106 cm³/mol. The summed E-state index contributed by atoms with van der Waals surface area (Å²) in [5.74, 6) is 0.748. The number of alkyl carbamates (subject to hydrolysis) is 1. The number of rotatable bonds is 4. The van der Waals surface area contributed by atoms with Gasteiger partial charge in [-0.3, -0.25) is 0 Å². The van der Waals surface area contributed by atoms with Crippen LogP contribution in [0.3, 0.4) is 0 Å². The smallest absolute Gasteiger partial charge is 0.407 e. The van der Waals surface area contributed by atoms with Crippen LogP contribution in [0.2, 0.25) is 0 Å². The van der Waals surface area contributed by atoms with E-state index in [0.29, 0.717) is 11.8 Å². The molecule has 1 saturated carbocycles. The third-order valence-corrected chi connectivity index (χ3v) is 5.97. The number of ether oxygens (including phenoxy) is 1. The molecule has 1 fully saturated rings. The fourth-order valence-electron chi connectivity index (χ4n) is 4.25. The van der Waals surface area contributed by atoms with Crippen LogP contribution in [0.15, 0.2) is 54.1 Å². The highest BCUT2D eigenvalue weighted by molar-refractivity contribution is 5.68. The van der Waals surface area contributed by atoms with Gasteiger partial charge in [0.15, 0.2) is 0 Å². The van der Waals surface area contributed by atoms with E-state index in [1.54, 1.807) is 0 Å². The summed E-state index contributed by atoms with van der Waals surface area (Å²) in [7, 11) is 0. The molecular weight excluding hydrogens is 322 g/mol. The molecule has 4 atom stereocenters. The molecule has 2 aliphatic rings. The summed E-state index contributed by atoms with van der Waals surface area (Å²) in [6.07, 6.45) is 8.21. The topological polar surface area (TPSA) is 38.3 Å². The third-order valence-electron chi connectivity index (χ3n) is 5.97. The summed E-state index contributed by atoms with van der Waals surface area (Å²) in [5, 5.41) is 3.10. The second kappa shape index (κ2) is 8.57. The minimum absolute atomic E-state index is 0.0315. The molecule has 4 unspecified atom stereocenters. The Morgan fingerprint density at radius 3 is 2.65 bits per heavy atom. The molecule has 0 spiro atoms. The van der Waals surface area contributed by atoms with Crippen molar-refractivity contribution < 1.29 is 9.53 Å². The van der Waals surface area contributed by atoms with Crippen molar-refractivity contribution in [3.63, 3.8) is 0 Å². The van der Waals surface area contributed by atoms with Crippen LogP contribution in [-0.4, -0.2) is 18.2 Å². The van der Waals surface area contributed by atoms with Gasteiger partial charge >= 0.3 is 6.09 Å². The minimum Gasteiger partial charge on any atom is -0.446 e. The number of hydrogen-bond acceptors (Lipinski definition) is 2. The normalized spacial score (nSPS) is 28.8. The summed E-state index contributed by atoms with van der Waals surface area (Å²) in [6, 6.07) is 10.5. The minimum atomic E-state index is -0.280. The lowest BCUT2D eigenvalue weighted by Crippen LogP contribution is -2.42. The molecule has 0 heterocycles. The summed E-state index contributed by atoms with van der Waals surface area (Å²) in [5.41, 5.74) is 3.69. The van der Waals surface area contributed by atoms with E-state index in [9.17, 15) is 4.79 Å². The van der Waals surface area contributed by atoms with Gasteiger partial charge in [0, 0.05) is 5.92 Å². The fourth-order valence-corrected chi connectivity index (χ4v) is 4.25. The molecule has 3 nitrogen and oxygen atoms in total. The molecule has 140 valence electrons. The Morgan fingerprint density at radius 1 is 1.19 bits per heavy atom. The maximum atomic E-state index is 12.6. The van der Waals surface area contributed by atoms with Crippen molar-refractivity contribution in [3.05, 3.63) is 59.7 Å². The van der Waals surface area contributed by atoms with E-state index in [-0.39, 0.29) is 18.2 Å². The third kappa shape index (κ3) is 4.57. The second-order valence-corrected chi connectivity index (χ2v) is 7.91. The lowest BCUT2D eigenvalue weighted by atomic mass is 9.81. The highest BCUT2D eigenvalue weighted by Crippen LogP contribution is 2.35. The number of nitrogens with one attached hydrogen (secondary N) is 1. The summed E-state index contributed by atoms with van der Waals surface area (Å²) in [6.45, 7) is 8.24. The Labute approximate surface area is 157 Å². The van der Waals surface area contributed by atoms with Gasteiger partial charge in [-0.1, -0.05) is 60.6 Å². The van der Waals surface area contributed by atoms with Crippen LogP contribution in [-0.2, 0) is 4.74 Å². The molecule has 0 aliphatic heterocycles. The lowest BCUT2D eigenvalue weighted by Gasteiger charge is -2.33. The second-order valence-electron chi connectivity index (χ2n) is 7.91. The van der Waals surface area contributed by atoms with E-state index in [0.717, 1.165) is 32.1 Å². The standard InChI is InChI=1S/C23H31NO2/c1-16(2)19-14-13-17(3)21(15-19)24-23(25)26-22-12-8-7-11-20(22)18-9-5-4-6-10-18/h4-6,9-10,13,19-22H,1,7-8,11-12,14-15H2,2-3H3,(H,24,25). The van der Waals surface area contributed by atoms with Gasteiger partial charge in [-0.15, -0.1) is 0 Å². The Hall–Kier alpha value is -2.03. The molecule has 1 aromatic rings. The molecule has 3 heteroatoms. The van der Waals surface area contributed by atoms with E-state index >= 15 is 0 Å². The molecule has 0 saturated heterocycles. The van der Waals surface area contributed by atoms with Crippen LogP contribution >= 0.6 is 0 Å². The van der Waals surface area contributed by atoms with E-state index in [4.69, 9.17) is 4.74 Å². The lowest BCUT2D eigenvalue weighted by molar-refractivity contribution is 0.0590. The first kappa shape index (κ1) is 18.8. The van der Waals surface area contributed by atoms with Crippen LogP contribution in [0.1, 0.15) is 63.9 Å². The van der Waals surface area contributed by atoms with Gasteiger partial charge in [-0.05, 0) is 57.4 Å². The van der Waals surface area contributed by atoms with Gasteiger partial charge in [-0.25, -0.2) is 4.79 Å². The van der Waals surface area contributed by atoms with Crippen LogP contribution in [0.4, 0.5) is 4.79 Å². The predicted octanol–water partition coefficient (Wildman–Crippen LogP) is 5.74. The highest BCUT2D eigenvalue weighted by atomic mass is 16.6. The van der Waals surface area contributed by atoms with E-state index in [1.807, 2.05) is 6.07 Å². The van der Waals surface area contributed by atoms with Crippen LogP contribution in [0, 0.1) is 5.92 Å². The van der Waals surface area contributed by atoms with Crippen molar-refractivity contribution in [1.82, 2.24) is 5.32 Å². The summed E-state index contributed by atoms with van der Waals surface area (Å²) >= 11 is 0. The Balaban J connectivity index is 1.62. The van der Waals surface area contributed by atoms with Crippen molar-refractivity contribution in [1.29, 1.82) is 0 Å². The maximum absolute atomic E-state index is 12.6. The quantitative estimate of drug-likeness (QED) is 0.701. The van der Waals surface area contributed by atoms with Crippen molar-refractivity contribution >= 4 is 6.09 Å². The molecule has 2 aliphatic carbocycles. The zero-order valence-electron chi connectivity index (χ0n) is 16.0. The molecular formula is C23H31NO2. The number of carbonyl (C=O) groups excluding carboxylic acids is 1. The first-order valence-electron chi connectivity index (χ1n) is 9.88. The monoisotopic (exact) mass is 353 g/mol. The molecule has 0 bridgehead atoms. The highest BCUT2D eigenvalue weighted by Gasteiger charge is 2.31. The van der Waals surface area contributed by atoms with Gasteiger partial charge in [0.05, 0.1) is 6.04 Å². The fraction of sp³-hybridized carbons (Fsp3) is 0.522. The van der Waals surface area contributed by atoms with Crippen molar-refractivity contribution in [2.45, 2.75) is 70.4 Å². The van der Waals surface area contributed by atoms with E-state index in [1.165, 1.54) is 23.1 Å². The first-order chi connectivity index (χ1) is 12.5. The Kier molecular flexibility index (Phi) is 6.18. The van der Waals surface area contributed by atoms with E-state index < -0.39 is 0 Å². The molecule has 1 aromatic carbocycles. The van der Waals surface area contributed by atoms with Crippen molar-refractivity contribution in [3.8, 4) is 0 Å². The van der Waals surface area contributed by atoms with Gasteiger partial charge in [-0.2, -0.15) is 0 Å². The molecule has 1 N–H and O–H groups in total. The summed E-state index contributed by atoms with van der Waals surface area (Å²) in [4.78, 5) is 12.6. The summed E-state index contributed by atoms with van der Waals surface area (Å²) < 4.78 is 5.91. The Morgan fingerprint density at radius 2 is 1.92 bits per heavy atom. The number of benzene rings is 1. The Bertz CT molecular complexity index is 664. The van der Waals surface area contributed by atoms with Gasteiger partial charge < -0.3 is 10.1 Å². The van der Waals surface area contributed by atoms with Crippen molar-refractivity contribution in [2.24, 2.45) is 5.92 Å². The van der Waals surface area contributed by atoms with Crippen LogP contribution < -0.4 is 5.32 Å². The average Bonchev–Trinajstić information content (AvgIpc) is 2.64. The van der Waals surface area contributed by atoms with Gasteiger partial charge in [0.2, 0.25) is 0 Å². The van der Waals surface area contributed by atoms with Crippen LogP contribution in [0.25, 0.3) is 0 Å². The number of hydrogen-bond donors (Lipinski definition) is 1. The number of allylic oxidation sites excluding steroid dienone is 2. The number of carbonyl (C=O) groups is 1. The SMILES string of the molecule is C=C(C)C1CC=C(C)C(NC(=O)OC2CCCCC2c2ccccc2)C1. The molecule has 26 heavy (non-hydrogen) atoms. The molecule has 1 amide bonds. The molecule has 0 radical (unpaired) electrons.